The molecule has 0 aromatic heterocycles. The Morgan fingerprint density at radius 2 is 1.30 bits per heavy atom. The number of ether oxygens (including phenoxy) is 1. The predicted octanol–water partition coefficient (Wildman–Crippen LogP) is 5.13. The van der Waals surface area contributed by atoms with Crippen LogP contribution in [0, 0.1) is 0 Å². The van der Waals surface area contributed by atoms with Crippen LogP contribution in [0.2, 0.25) is 0 Å². The highest BCUT2D eigenvalue weighted by Gasteiger charge is 2.38. The predicted molar refractivity (Wildman–Crippen MR) is 107 cm³/mol. The third-order valence-corrected chi connectivity index (χ3v) is 4.77. The number of carbonyl (C=O) groups is 1. The lowest BCUT2D eigenvalue weighted by molar-refractivity contribution is -0.146. The van der Waals surface area contributed by atoms with Crippen LogP contribution in [0.1, 0.15) is 23.6 Å². The van der Waals surface area contributed by atoms with Crippen molar-refractivity contribution in [3.05, 3.63) is 114 Å². The van der Waals surface area contributed by atoms with Crippen LogP contribution >= 0.6 is 0 Å². The zero-order chi connectivity index (χ0) is 19.1. The fourth-order valence-corrected chi connectivity index (χ4v) is 3.08. The Kier molecular flexibility index (Phi) is 5.72. The number of hydrogen-bond acceptors (Lipinski definition) is 3. The maximum Gasteiger partial charge on any atom is 0.321 e. The molecule has 0 aliphatic rings. The third kappa shape index (κ3) is 3.93. The van der Waals surface area contributed by atoms with Crippen LogP contribution in [-0.4, -0.2) is 17.7 Å². The molecule has 0 bridgehead atoms. The monoisotopic (exact) mass is 358 g/mol. The zero-order valence-corrected chi connectivity index (χ0v) is 15.2. The summed E-state index contributed by atoms with van der Waals surface area (Å²) in [4.78, 5) is 13.2. The lowest BCUT2D eigenvalue weighted by Crippen LogP contribution is -2.36. The van der Waals surface area contributed by atoms with Crippen LogP contribution in [0.15, 0.2) is 97.3 Å². The van der Waals surface area contributed by atoms with Gasteiger partial charge >= 0.3 is 5.97 Å². The molecule has 1 N–H and O–H groups in total. The van der Waals surface area contributed by atoms with Gasteiger partial charge in [-0.25, -0.2) is 0 Å². The SMILES string of the molecule is CC(C(=O)OC/C(=C/O)c1ccccc1)(c1ccccc1)c1ccccc1. The summed E-state index contributed by atoms with van der Waals surface area (Å²) < 4.78 is 5.66. The highest BCUT2D eigenvalue weighted by Crippen LogP contribution is 2.33. The first-order valence-electron chi connectivity index (χ1n) is 8.83. The summed E-state index contributed by atoms with van der Waals surface area (Å²) in [5.41, 5.74) is 2.13. The van der Waals surface area contributed by atoms with E-state index in [1.807, 2.05) is 97.9 Å². The standard InChI is InChI=1S/C24H22O3/c1-24(21-13-7-3-8-14-21,22-15-9-4-10-16-22)23(26)27-18-20(17-25)19-11-5-2-6-12-19/h2-17,25H,18H2,1H3/b20-17-. The average Bonchev–Trinajstić information content (AvgIpc) is 2.75. The van der Waals surface area contributed by atoms with Gasteiger partial charge in [0.25, 0.3) is 0 Å². The number of carbonyl (C=O) groups excluding carboxylic acids is 1. The van der Waals surface area contributed by atoms with E-state index in [9.17, 15) is 9.90 Å². The Morgan fingerprint density at radius 1 is 0.852 bits per heavy atom. The number of rotatable bonds is 6. The van der Waals surface area contributed by atoms with Gasteiger partial charge in [0.1, 0.15) is 12.0 Å². The van der Waals surface area contributed by atoms with Gasteiger partial charge < -0.3 is 9.84 Å². The van der Waals surface area contributed by atoms with Gasteiger partial charge in [0.2, 0.25) is 0 Å². The minimum atomic E-state index is -0.945. The molecule has 0 unspecified atom stereocenters. The summed E-state index contributed by atoms with van der Waals surface area (Å²) in [6.45, 7) is 1.86. The van der Waals surface area contributed by atoms with Gasteiger partial charge in [0.05, 0.1) is 6.26 Å². The Balaban J connectivity index is 1.88. The molecule has 3 rings (SSSR count). The number of aliphatic hydroxyl groups is 1. The van der Waals surface area contributed by atoms with E-state index in [1.54, 1.807) is 0 Å². The number of esters is 1. The van der Waals surface area contributed by atoms with Crippen molar-refractivity contribution in [2.75, 3.05) is 6.61 Å². The molecule has 0 saturated carbocycles. The van der Waals surface area contributed by atoms with E-state index in [4.69, 9.17) is 4.74 Å². The van der Waals surface area contributed by atoms with E-state index < -0.39 is 5.41 Å². The molecule has 0 atom stereocenters. The molecule has 0 amide bonds. The van der Waals surface area contributed by atoms with Crippen LogP contribution in [0.3, 0.4) is 0 Å². The summed E-state index contributed by atoms with van der Waals surface area (Å²) in [5, 5.41) is 9.58. The van der Waals surface area contributed by atoms with Crippen molar-refractivity contribution in [1.29, 1.82) is 0 Å². The average molecular weight is 358 g/mol. The van der Waals surface area contributed by atoms with Gasteiger partial charge in [-0.15, -0.1) is 0 Å². The van der Waals surface area contributed by atoms with Crippen molar-refractivity contribution >= 4 is 11.5 Å². The summed E-state index contributed by atoms with van der Waals surface area (Å²) in [5.74, 6) is -0.366. The lowest BCUT2D eigenvalue weighted by Gasteiger charge is -2.28. The first-order chi connectivity index (χ1) is 13.2. The molecule has 0 saturated heterocycles. The number of aliphatic hydroxyl groups excluding tert-OH is 1. The molecule has 0 fully saturated rings. The molecule has 0 heterocycles. The van der Waals surface area contributed by atoms with Gasteiger partial charge in [0, 0.05) is 5.57 Å². The minimum absolute atomic E-state index is 0.00535. The zero-order valence-electron chi connectivity index (χ0n) is 15.2. The number of benzene rings is 3. The van der Waals surface area contributed by atoms with E-state index >= 15 is 0 Å². The van der Waals surface area contributed by atoms with Crippen molar-refractivity contribution < 1.29 is 14.6 Å². The maximum absolute atomic E-state index is 13.2. The molecule has 0 spiro atoms. The second-order valence-corrected chi connectivity index (χ2v) is 6.45. The molecule has 0 radical (unpaired) electrons. The summed E-state index contributed by atoms with van der Waals surface area (Å²) in [6, 6.07) is 28.5. The van der Waals surface area contributed by atoms with Gasteiger partial charge in [-0.3, -0.25) is 4.79 Å². The topological polar surface area (TPSA) is 46.5 Å². The number of hydrogen-bond donors (Lipinski definition) is 1. The summed E-state index contributed by atoms with van der Waals surface area (Å²) in [6.07, 6.45) is 0.991. The highest BCUT2D eigenvalue weighted by atomic mass is 16.5. The fraction of sp³-hybridized carbons (Fsp3) is 0.125. The molecular weight excluding hydrogens is 336 g/mol. The molecule has 136 valence electrons. The van der Waals surface area contributed by atoms with Crippen LogP contribution in [0.25, 0.3) is 5.57 Å². The molecule has 3 nitrogen and oxygen atoms in total. The normalized spacial score (nSPS) is 11.8. The largest absolute Gasteiger partial charge is 0.515 e. The first-order valence-corrected chi connectivity index (χ1v) is 8.83. The van der Waals surface area contributed by atoms with Crippen LogP contribution < -0.4 is 0 Å². The molecule has 0 aliphatic carbocycles. The van der Waals surface area contributed by atoms with Crippen molar-refractivity contribution in [3.8, 4) is 0 Å². The van der Waals surface area contributed by atoms with Gasteiger partial charge in [-0.05, 0) is 23.6 Å². The Labute approximate surface area is 159 Å². The van der Waals surface area contributed by atoms with Gasteiger partial charge in [-0.2, -0.15) is 0 Å². The highest BCUT2D eigenvalue weighted by molar-refractivity contribution is 5.88. The first kappa shape index (κ1) is 18.5. The molecular formula is C24H22O3. The lowest BCUT2D eigenvalue weighted by atomic mass is 9.76. The summed E-state index contributed by atoms with van der Waals surface area (Å²) in [7, 11) is 0. The molecule has 3 aromatic carbocycles. The fourth-order valence-electron chi connectivity index (χ4n) is 3.08. The van der Waals surface area contributed by atoms with Crippen LogP contribution in [-0.2, 0) is 14.9 Å². The minimum Gasteiger partial charge on any atom is -0.515 e. The Bertz CT molecular complexity index is 861. The van der Waals surface area contributed by atoms with Gasteiger partial charge in [0.15, 0.2) is 0 Å². The van der Waals surface area contributed by atoms with E-state index in [0.29, 0.717) is 5.57 Å². The van der Waals surface area contributed by atoms with E-state index in [-0.39, 0.29) is 12.6 Å². The summed E-state index contributed by atoms with van der Waals surface area (Å²) >= 11 is 0. The van der Waals surface area contributed by atoms with E-state index in [0.717, 1.165) is 23.0 Å². The van der Waals surface area contributed by atoms with Crippen LogP contribution in [0.5, 0.6) is 0 Å². The third-order valence-electron chi connectivity index (χ3n) is 4.77. The van der Waals surface area contributed by atoms with E-state index in [2.05, 4.69) is 0 Å². The van der Waals surface area contributed by atoms with Crippen LogP contribution in [0.4, 0.5) is 0 Å². The maximum atomic E-state index is 13.2. The molecule has 27 heavy (non-hydrogen) atoms. The second kappa shape index (κ2) is 8.37. The smallest absolute Gasteiger partial charge is 0.321 e. The van der Waals surface area contributed by atoms with Crippen molar-refractivity contribution in [2.24, 2.45) is 0 Å². The molecule has 3 heteroatoms. The van der Waals surface area contributed by atoms with Crippen molar-refractivity contribution in [2.45, 2.75) is 12.3 Å². The van der Waals surface area contributed by atoms with E-state index in [1.165, 1.54) is 0 Å². The Hall–Kier alpha value is -3.33. The van der Waals surface area contributed by atoms with Crippen molar-refractivity contribution in [1.82, 2.24) is 0 Å². The molecule has 3 aromatic rings. The second-order valence-electron chi connectivity index (χ2n) is 6.45. The Morgan fingerprint density at radius 3 is 1.74 bits per heavy atom. The molecule has 0 aliphatic heterocycles. The van der Waals surface area contributed by atoms with Gasteiger partial charge in [-0.1, -0.05) is 91.0 Å². The van der Waals surface area contributed by atoms with Crippen molar-refractivity contribution in [3.63, 3.8) is 0 Å². The quantitative estimate of drug-likeness (QED) is 0.490.